The van der Waals surface area contributed by atoms with E-state index in [1.54, 1.807) is 0 Å². The highest BCUT2D eigenvalue weighted by Gasteiger charge is 2.71. The number of carbonyl (C=O) groups excluding carboxylic acids is 3. The van der Waals surface area contributed by atoms with Crippen LogP contribution in [0.5, 0.6) is 0 Å². The molecule has 4 saturated carbocycles. The molecule has 0 radical (unpaired) electrons. The molecule has 1 heterocycles. The molecule has 5 aliphatic rings. The van der Waals surface area contributed by atoms with Gasteiger partial charge in [-0.1, -0.05) is 6.92 Å². The number of aliphatic hydroxyl groups is 2. The lowest BCUT2D eigenvalue weighted by Crippen LogP contribution is -2.69. The maximum atomic E-state index is 12.5. The number of fused-ring (bicyclic) bond motifs is 5. The fourth-order valence-electron chi connectivity index (χ4n) is 9.37. The number of carbonyl (C=O) groups is 5. The first-order valence-corrected chi connectivity index (χ1v) is 15.0. The molecule has 238 valence electrons. The van der Waals surface area contributed by atoms with E-state index in [9.17, 15) is 34.2 Å². The summed E-state index contributed by atoms with van der Waals surface area (Å²) in [6.07, 6.45) is 2.76. The van der Waals surface area contributed by atoms with Gasteiger partial charge in [-0.15, -0.1) is 0 Å². The fourth-order valence-corrected chi connectivity index (χ4v) is 9.37. The third-order valence-electron chi connectivity index (χ3n) is 11.4. The van der Waals surface area contributed by atoms with E-state index in [2.05, 4.69) is 6.92 Å². The van der Waals surface area contributed by atoms with Gasteiger partial charge in [0.1, 0.15) is 19.3 Å². The zero-order valence-electron chi connectivity index (χ0n) is 24.2. The Morgan fingerprint density at radius 3 is 2.35 bits per heavy atom. The van der Waals surface area contributed by atoms with Gasteiger partial charge in [0.25, 0.3) is 0 Å². The van der Waals surface area contributed by atoms with Crippen LogP contribution in [0.4, 0.5) is 4.79 Å². The lowest BCUT2D eigenvalue weighted by molar-refractivity contribution is -0.271. The third kappa shape index (κ3) is 5.39. The summed E-state index contributed by atoms with van der Waals surface area (Å²) in [6, 6.07) is 0. The summed E-state index contributed by atoms with van der Waals surface area (Å²) in [7, 11) is 0. The van der Waals surface area contributed by atoms with Crippen LogP contribution >= 0.6 is 0 Å². The molecule has 0 bridgehead atoms. The zero-order valence-corrected chi connectivity index (χ0v) is 24.2. The fraction of sp³-hybridized carbons (Fsp3) is 0.767. The van der Waals surface area contributed by atoms with Crippen molar-refractivity contribution in [3.8, 4) is 0 Å². The molecule has 4 fully saturated rings. The smallest absolute Gasteiger partial charge is 0.481 e. The summed E-state index contributed by atoms with van der Waals surface area (Å²) in [6.45, 7) is 1.13. The van der Waals surface area contributed by atoms with Gasteiger partial charge < -0.3 is 39.4 Å². The van der Waals surface area contributed by atoms with Gasteiger partial charge in [-0.25, -0.2) is 14.4 Å². The molecule has 0 aromatic carbocycles. The maximum Gasteiger partial charge on any atom is 0.508 e. The zero-order chi connectivity index (χ0) is 31.2. The summed E-state index contributed by atoms with van der Waals surface area (Å²) in [4.78, 5) is 58.3. The van der Waals surface area contributed by atoms with Crippen LogP contribution in [-0.2, 0) is 38.1 Å². The molecule has 4 aliphatic carbocycles. The van der Waals surface area contributed by atoms with Crippen LogP contribution in [0.15, 0.2) is 11.6 Å². The first kappa shape index (κ1) is 31.2. The van der Waals surface area contributed by atoms with Gasteiger partial charge in [0, 0.05) is 23.3 Å². The topological polar surface area (TPSA) is 203 Å². The molecule has 4 N–H and O–H groups in total. The van der Waals surface area contributed by atoms with Gasteiger partial charge in [-0.3, -0.25) is 9.59 Å². The van der Waals surface area contributed by atoms with Crippen molar-refractivity contribution >= 4 is 30.0 Å². The van der Waals surface area contributed by atoms with Gasteiger partial charge in [0.2, 0.25) is 0 Å². The lowest BCUT2D eigenvalue weighted by Gasteiger charge is -2.66. The van der Waals surface area contributed by atoms with Crippen LogP contribution in [0, 0.1) is 28.6 Å². The number of carboxylic acid groups (broad SMARTS) is 2. The van der Waals surface area contributed by atoms with Gasteiger partial charge in [-0.05, 0) is 74.7 Å². The molecular weight excluding hydrogens is 568 g/mol. The van der Waals surface area contributed by atoms with E-state index in [-0.39, 0.29) is 69.0 Å². The number of cyclic esters (lactones) is 1. The Bertz CT molecular complexity index is 1210. The second-order valence-electron chi connectivity index (χ2n) is 13.2. The first-order chi connectivity index (χ1) is 20.2. The van der Waals surface area contributed by atoms with E-state index >= 15 is 0 Å². The number of hydrogen-bond acceptors (Lipinski definition) is 11. The standard InChI is InChI=1S/C30H40O13/c1-27-8-5-20-21(30(27,39)11-7-19(27)17-12-25(36)40-14-17)6-10-29(38)13-18(43-24(35)3-2-22(31)32)4-9-28(20,29)16-42-26(37)41-15-23(33)34/h12,18-21,38-39H,2-11,13-16H2,1H3,(H,31,32)(H,33,34)/t18?,19?,20-,21+,27?,28?,29?,30?/m0/s1. The van der Waals surface area contributed by atoms with Gasteiger partial charge in [-0.2, -0.15) is 0 Å². The number of ether oxygens (including phenoxy) is 4. The molecule has 13 nitrogen and oxygen atoms in total. The van der Waals surface area contributed by atoms with E-state index in [4.69, 9.17) is 29.2 Å². The van der Waals surface area contributed by atoms with Crippen molar-refractivity contribution in [1.29, 1.82) is 0 Å². The average Bonchev–Trinajstić information content (AvgIpc) is 3.49. The quantitative estimate of drug-likeness (QED) is 0.220. The molecule has 0 amide bonds. The molecular formula is C30H40O13. The number of carboxylic acids is 2. The second kappa shape index (κ2) is 11.4. The SMILES string of the molecule is CC12CC[C@H]3[C@@H](CCC4(O)CC(OC(=O)CCC(=O)O)CCC34COC(=O)OCC(=O)O)C1(O)CCC2C1=CC(=O)OC1. The van der Waals surface area contributed by atoms with Crippen molar-refractivity contribution in [1.82, 2.24) is 0 Å². The van der Waals surface area contributed by atoms with Gasteiger partial charge in [0.15, 0.2) is 6.61 Å². The summed E-state index contributed by atoms with van der Waals surface area (Å²) < 4.78 is 20.9. The lowest BCUT2D eigenvalue weighted by atomic mass is 9.41. The number of esters is 2. The van der Waals surface area contributed by atoms with Crippen molar-refractivity contribution in [3.63, 3.8) is 0 Å². The minimum Gasteiger partial charge on any atom is -0.481 e. The van der Waals surface area contributed by atoms with Crippen molar-refractivity contribution in [2.75, 3.05) is 19.8 Å². The van der Waals surface area contributed by atoms with E-state index in [1.807, 2.05) is 0 Å². The van der Waals surface area contributed by atoms with E-state index in [0.717, 1.165) is 5.57 Å². The van der Waals surface area contributed by atoms with Gasteiger partial charge >= 0.3 is 30.0 Å². The predicted octanol–water partition coefficient (Wildman–Crippen LogP) is 2.35. The molecule has 13 heteroatoms. The Balaban J connectivity index is 1.41. The van der Waals surface area contributed by atoms with Crippen molar-refractivity contribution in [3.05, 3.63) is 11.6 Å². The van der Waals surface area contributed by atoms with E-state index in [1.165, 1.54) is 6.08 Å². The third-order valence-corrected chi connectivity index (χ3v) is 11.4. The molecule has 8 atom stereocenters. The highest BCUT2D eigenvalue weighted by Crippen LogP contribution is 2.70. The molecule has 0 spiro atoms. The monoisotopic (exact) mass is 608 g/mol. The van der Waals surface area contributed by atoms with Crippen LogP contribution < -0.4 is 0 Å². The van der Waals surface area contributed by atoms with Gasteiger partial charge in [0.05, 0.1) is 24.0 Å². The van der Waals surface area contributed by atoms with Crippen LogP contribution in [0.2, 0.25) is 0 Å². The van der Waals surface area contributed by atoms with E-state index in [0.29, 0.717) is 38.5 Å². The van der Waals surface area contributed by atoms with Crippen molar-refractivity contribution in [2.24, 2.45) is 28.6 Å². The Morgan fingerprint density at radius 2 is 1.67 bits per heavy atom. The minimum absolute atomic E-state index is 0.0372. The number of aliphatic carboxylic acids is 2. The van der Waals surface area contributed by atoms with Crippen LogP contribution in [0.3, 0.4) is 0 Å². The molecule has 0 aromatic heterocycles. The molecule has 6 unspecified atom stereocenters. The molecule has 43 heavy (non-hydrogen) atoms. The minimum atomic E-state index is -1.45. The number of rotatable bonds is 9. The Hall–Kier alpha value is -3.19. The largest absolute Gasteiger partial charge is 0.508 e. The Morgan fingerprint density at radius 1 is 0.930 bits per heavy atom. The first-order valence-electron chi connectivity index (χ1n) is 15.0. The normalized spacial score (nSPS) is 39.8. The van der Waals surface area contributed by atoms with E-state index < -0.39 is 58.8 Å². The number of hydrogen-bond donors (Lipinski definition) is 4. The van der Waals surface area contributed by atoms with Crippen LogP contribution in [0.25, 0.3) is 0 Å². The Labute approximate surface area is 248 Å². The Kier molecular flexibility index (Phi) is 8.27. The average molecular weight is 609 g/mol. The second-order valence-corrected chi connectivity index (χ2v) is 13.2. The van der Waals surface area contributed by atoms with Crippen molar-refractivity contribution < 1.29 is 63.3 Å². The summed E-state index contributed by atoms with van der Waals surface area (Å²) in [5.74, 6) is -4.10. The van der Waals surface area contributed by atoms with Crippen LogP contribution in [0.1, 0.15) is 77.6 Å². The summed E-state index contributed by atoms with van der Waals surface area (Å²) >= 11 is 0. The molecule has 0 aromatic rings. The maximum absolute atomic E-state index is 12.5. The highest BCUT2D eigenvalue weighted by atomic mass is 16.7. The van der Waals surface area contributed by atoms with Crippen LogP contribution in [-0.4, -0.2) is 87.6 Å². The molecule has 0 saturated heterocycles. The predicted molar refractivity (Wildman–Crippen MR) is 143 cm³/mol. The summed E-state index contributed by atoms with van der Waals surface area (Å²) in [5.41, 5.74) is -3.26. The van der Waals surface area contributed by atoms with Crippen molar-refractivity contribution in [2.45, 2.75) is 94.9 Å². The summed E-state index contributed by atoms with van der Waals surface area (Å²) in [5, 5.41) is 42.6. The highest BCUT2D eigenvalue weighted by molar-refractivity contribution is 5.85. The molecule has 5 rings (SSSR count). The molecule has 1 aliphatic heterocycles.